The molecule has 132 valence electrons. The van der Waals surface area contributed by atoms with Gasteiger partial charge in [0.1, 0.15) is 0 Å². The van der Waals surface area contributed by atoms with Crippen molar-refractivity contribution in [2.24, 2.45) is 0 Å². The highest BCUT2D eigenvalue weighted by Crippen LogP contribution is 2.09. The van der Waals surface area contributed by atoms with Crippen LogP contribution in [0.1, 0.15) is 51.4 Å². The summed E-state index contributed by atoms with van der Waals surface area (Å²) in [6.07, 6.45) is 3.60. The van der Waals surface area contributed by atoms with Crippen LogP contribution in [0.25, 0.3) is 0 Å². The van der Waals surface area contributed by atoms with Crippen LogP contribution in [0.15, 0.2) is 0 Å². The van der Waals surface area contributed by atoms with E-state index in [9.17, 15) is 20.4 Å². The Morgan fingerprint density at radius 1 is 0.409 bits per heavy atom. The van der Waals surface area contributed by atoms with Gasteiger partial charge in [0.15, 0.2) is 0 Å². The van der Waals surface area contributed by atoms with Gasteiger partial charge in [-0.1, -0.05) is 0 Å². The molecule has 6 nitrogen and oxygen atoms in total. The molecule has 0 radical (unpaired) electrons. The van der Waals surface area contributed by atoms with Crippen LogP contribution in [0.3, 0.4) is 0 Å². The normalized spacial score (nSPS) is 35.5. The van der Waals surface area contributed by atoms with E-state index < -0.39 is 0 Å². The van der Waals surface area contributed by atoms with Crippen molar-refractivity contribution in [2.75, 3.05) is 26.2 Å². The highest BCUT2D eigenvalue weighted by atomic mass is 16.3. The molecule has 0 bridgehead atoms. The number of hydrogen-bond acceptors (Lipinski definition) is 6. The minimum atomic E-state index is -0.380. The predicted molar refractivity (Wildman–Crippen MR) is 86.7 cm³/mol. The van der Waals surface area contributed by atoms with E-state index >= 15 is 0 Å². The predicted octanol–water partition coefficient (Wildman–Crippen LogP) is -0.256. The maximum Gasteiger partial charge on any atom is 0.0553 e. The molecule has 0 aromatic rings. The number of hydrogen-bond donors (Lipinski definition) is 6. The highest BCUT2D eigenvalue weighted by Gasteiger charge is 2.12. The first kappa shape index (κ1) is 19.8. The summed E-state index contributed by atoms with van der Waals surface area (Å²) in [5.74, 6) is 0. The van der Waals surface area contributed by atoms with Gasteiger partial charge in [0.05, 0.1) is 24.4 Å². The zero-order valence-electron chi connectivity index (χ0n) is 13.6. The molecule has 1 aliphatic heterocycles. The van der Waals surface area contributed by atoms with Gasteiger partial charge < -0.3 is 31.1 Å². The Labute approximate surface area is 133 Å². The first-order chi connectivity index (χ1) is 10.6. The molecule has 6 N–H and O–H groups in total. The van der Waals surface area contributed by atoms with E-state index in [-0.39, 0.29) is 24.4 Å². The topological polar surface area (TPSA) is 105 Å². The fourth-order valence-electron chi connectivity index (χ4n) is 2.67. The standard InChI is InChI=1S/C16H34N2O4/c19-13-1-2-14(20)6-10-18-12-8-16(22)4-3-15(21)7-11-17-9-5-13/h13-22H,1-12H2. The molecule has 1 aliphatic rings. The number of rotatable bonds is 0. The average molecular weight is 318 g/mol. The first-order valence-electron chi connectivity index (χ1n) is 8.71. The summed E-state index contributed by atoms with van der Waals surface area (Å²) >= 11 is 0. The summed E-state index contributed by atoms with van der Waals surface area (Å²) in [7, 11) is 0. The van der Waals surface area contributed by atoms with E-state index in [0.29, 0.717) is 77.5 Å². The van der Waals surface area contributed by atoms with Crippen LogP contribution in [0, 0.1) is 0 Å². The van der Waals surface area contributed by atoms with Gasteiger partial charge in [-0.15, -0.1) is 0 Å². The average Bonchev–Trinajstić information content (AvgIpc) is 2.49. The van der Waals surface area contributed by atoms with Gasteiger partial charge in [0, 0.05) is 0 Å². The van der Waals surface area contributed by atoms with Crippen LogP contribution < -0.4 is 10.6 Å². The quantitative estimate of drug-likeness (QED) is 0.368. The molecule has 1 rings (SSSR count). The molecule has 6 heteroatoms. The Kier molecular flexibility index (Phi) is 11.0. The molecule has 0 aromatic heterocycles. The number of aliphatic hydroxyl groups is 4. The molecule has 1 heterocycles. The molecule has 0 aromatic carbocycles. The minimum Gasteiger partial charge on any atom is -0.393 e. The molecule has 0 aliphatic carbocycles. The van der Waals surface area contributed by atoms with Gasteiger partial charge >= 0.3 is 0 Å². The molecule has 0 amide bonds. The lowest BCUT2D eigenvalue weighted by atomic mass is 10.0. The monoisotopic (exact) mass is 318 g/mol. The first-order valence-corrected chi connectivity index (χ1v) is 8.71. The maximum absolute atomic E-state index is 9.86. The summed E-state index contributed by atoms with van der Waals surface area (Å²) in [6.45, 7) is 2.87. The van der Waals surface area contributed by atoms with Crippen molar-refractivity contribution in [1.29, 1.82) is 0 Å². The van der Waals surface area contributed by atoms with Gasteiger partial charge in [-0.2, -0.15) is 0 Å². The lowest BCUT2D eigenvalue weighted by molar-refractivity contribution is 0.0966. The third kappa shape index (κ3) is 10.5. The van der Waals surface area contributed by atoms with Crippen molar-refractivity contribution >= 4 is 0 Å². The minimum absolute atomic E-state index is 0.380. The Hall–Kier alpha value is -0.240. The molecule has 4 unspecified atom stereocenters. The van der Waals surface area contributed by atoms with Crippen molar-refractivity contribution in [3.63, 3.8) is 0 Å². The van der Waals surface area contributed by atoms with Crippen molar-refractivity contribution in [2.45, 2.75) is 75.8 Å². The van der Waals surface area contributed by atoms with Crippen molar-refractivity contribution in [3.05, 3.63) is 0 Å². The van der Waals surface area contributed by atoms with Gasteiger partial charge in [-0.3, -0.25) is 0 Å². The lowest BCUT2D eigenvalue weighted by Crippen LogP contribution is -2.27. The Morgan fingerprint density at radius 3 is 0.864 bits per heavy atom. The third-order valence-corrected chi connectivity index (χ3v) is 4.28. The summed E-state index contributed by atoms with van der Waals surface area (Å²) in [4.78, 5) is 0. The second-order valence-corrected chi connectivity index (χ2v) is 6.42. The number of aliphatic hydroxyl groups excluding tert-OH is 4. The molecular weight excluding hydrogens is 284 g/mol. The van der Waals surface area contributed by atoms with E-state index in [1.165, 1.54) is 0 Å². The van der Waals surface area contributed by atoms with E-state index in [2.05, 4.69) is 10.6 Å². The Bertz CT molecular complexity index is 219. The molecule has 0 spiro atoms. The third-order valence-electron chi connectivity index (χ3n) is 4.28. The fourth-order valence-corrected chi connectivity index (χ4v) is 2.67. The largest absolute Gasteiger partial charge is 0.393 e. The molecule has 1 saturated heterocycles. The summed E-state index contributed by atoms with van der Waals surface area (Å²) < 4.78 is 0. The second kappa shape index (κ2) is 12.2. The SMILES string of the molecule is OC1CCNCCC(O)CCC(O)CCNCCC(O)CC1. The molecule has 0 saturated carbocycles. The second-order valence-electron chi connectivity index (χ2n) is 6.42. The molecule has 22 heavy (non-hydrogen) atoms. The molecule has 4 atom stereocenters. The number of nitrogens with one attached hydrogen (secondary N) is 2. The zero-order chi connectivity index (χ0) is 16.2. The molecule has 1 fully saturated rings. The van der Waals surface area contributed by atoms with E-state index in [0.717, 1.165) is 0 Å². The lowest BCUT2D eigenvalue weighted by Gasteiger charge is -2.17. The van der Waals surface area contributed by atoms with Crippen LogP contribution in [0.2, 0.25) is 0 Å². The van der Waals surface area contributed by atoms with E-state index in [1.54, 1.807) is 0 Å². The van der Waals surface area contributed by atoms with Crippen molar-refractivity contribution < 1.29 is 20.4 Å². The van der Waals surface area contributed by atoms with Crippen LogP contribution in [-0.4, -0.2) is 71.0 Å². The summed E-state index contributed by atoms with van der Waals surface area (Å²) in [5.41, 5.74) is 0. The van der Waals surface area contributed by atoms with Gasteiger partial charge in [0.2, 0.25) is 0 Å². The Balaban J connectivity index is 2.31. The maximum atomic E-state index is 9.86. The highest BCUT2D eigenvalue weighted by molar-refractivity contribution is 4.68. The molecular formula is C16H34N2O4. The van der Waals surface area contributed by atoms with Gasteiger partial charge in [-0.05, 0) is 77.5 Å². The van der Waals surface area contributed by atoms with Gasteiger partial charge in [0.25, 0.3) is 0 Å². The summed E-state index contributed by atoms with van der Waals surface area (Å²) in [6, 6.07) is 0. The Morgan fingerprint density at radius 2 is 0.636 bits per heavy atom. The zero-order valence-corrected chi connectivity index (χ0v) is 13.6. The van der Waals surface area contributed by atoms with Crippen molar-refractivity contribution in [1.82, 2.24) is 10.6 Å². The van der Waals surface area contributed by atoms with Crippen LogP contribution in [-0.2, 0) is 0 Å². The van der Waals surface area contributed by atoms with Crippen LogP contribution in [0.4, 0.5) is 0 Å². The van der Waals surface area contributed by atoms with Gasteiger partial charge in [-0.25, -0.2) is 0 Å². The van der Waals surface area contributed by atoms with Crippen LogP contribution in [0.5, 0.6) is 0 Å². The van der Waals surface area contributed by atoms with E-state index in [4.69, 9.17) is 0 Å². The van der Waals surface area contributed by atoms with E-state index in [1.807, 2.05) is 0 Å². The smallest absolute Gasteiger partial charge is 0.0553 e. The van der Waals surface area contributed by atoms with Crippen molar-refractivity contribution in [3.8, 4) is 0 Å². The summed E-state index contributed by atoms with van der Waals surface area (Å²) in [5, 5.41) is 45.9. The fraction of sp³-hybridized carbons (Fsp3) is 1.00. The van der Waals surface area contributed by atoms with Crippen LogP contribution >= 0.6 is 0 Å².